The second kappa shape index (κ2) is 9.08. The minimum Gasteiger partial charge on any atom is -0.463 e. The van der Waals surface area contributed by atoms with Crippen molar-refractivity contribution in [3.05, 3.63) is 11.1 Å². The predicted molar refractivity (Wildman–Crippen MR) is 70.5 cm³/mol. The normalized spacial score (nSPS) is 9.80. The van der Waals surface area contributed by atoms with E-state index in [0.29, 0.717) is 0 Å². The van der Waals surface area contributed by atoms with Crippen LogP contribution < -0.4 is 17.2 Å². The summed E-state index contributed by atoms with van der Waals surface area (Å²) in [5, 5.41) is 0. The first-order valence-electron chi connectivity index (χ1n) is 6.01. The average Bonchev–Trinajstić information content (AvgIpc) is 2.45. The van der Waals surface area contributed by atoms with Crippen molar-refractivity contribution in [2.75, 3.05) is 26.2 Å². The van der Waals surface area contributed by atoms with Crippen molar-refractivity contribution in [3.8, 4) is 0 Å². The zero-order valence-corrected chi connectivity index (χ0v) is 11.3. The second-order valence-corrected chi connectivity index (χ2v) is 3.75. The molecule has 8 heteroatoms. The van der Waals surface area contributed by atoms with Crippen molar-refractivity contribution in [3.63, 3.8) is 0 Å². The minimum absolute atomic E-state index is 0.0278. The summed E-state index contributed by atoms with van der Waals surface area (Å²) in [5.41, 5.74) is 14.8. The molecule has 0 aliphatic carbocycles. The van der Waals surface area contributed by atoms with E-state index in [1.807, 2.05) is 0 Å². The number of carbonyl (C=O) groups excluding carboxylic acids is 4. The number of hydrogen-bond donors (Lipinski definition) is 3. The van der Waals surface area contributed by atoms with Gasteiger partial charge in [-0.2, -0.15) is 0 Å². The van der Waals surface area contributed by atoms with Crippen molar-refractivity contribution in [1.82, 2.24) is 0 Å². The molecule has 0 saturated carbocycles. The minimum atomic E-state index is -0.923. The molecule has 0 aromatic carbocycles. The molecule has 0 saturated heterocycles. The smallest absolute Gasteiger partial charge is 0.335 e. The molecule has 0 heterocycles. The van der Waals surface area contributed by atoms with Gasteiger partial charge in [-0.1, -0.05) is 0 Å². The van der Waals surface area contributed by atoms with Gasteiger partial charge in [-0.05, 0) is 6.92 Å². The van der Waals surface area contributed by atoms with Gasteiger partial charge in [-0.25, -0.2) is 4.79 Å². The average molecular weight is 285 g/mol. The predicted octanol–water partition coefficient (Wildman–Crippen LogP) is -2.18. The van der Waals surface area contributed by atoms with Crippen LogP contribution in [0.3, 0.4) is 0 Å². The van der Waals surface area contributed by atoms with E-state index < -0.39 is 48.4 Å². The number of ether oxygens (including phenoxy) is 1. The maximum absolute atomic E-state index is 11.8. The quantitative estimate of drug-likeness (QED) is 0.187. The van der Waals surface area contributed by atoms with E-state index in [0.717, 1.165) is 0 Å². The highest BCUT2D eigenvalue weighted by Crippen LogP contribution is 2.14. The van der Waals surface area contributed by atoms with Crippen LogP contribution in [0, 0.1) is 0 Å². The Morgan fingerprint density at radius 2 is 1.40 bits per heavy atom. The highest BCUT2D eigenvalue weighted by atomic mass is 16.5. The summed E-state index contributed by atoms with van der Waals surface area (Å²) in [7, 11) is 0. The summed E-state index contributed by atoms with van der Waals surface area (Å²) in [6, 6.07) is 0. The summed E-state index contributed by atoms with van der Waals surface area (Å²) in [5.74, 6) is -2.98. The highest BCUT2D eigenvalue weighted by molar-refractivity contribution is 6.25. The molecule has 0 atom stereocenters. The van der Waals surface area contributed by atoms with E-state index >= 15 is 0 Å². The fourth-order valence-electron chi connectivity index (χ4n) is 1.45. The van der Waals surface area contributed by atoms with E-state index in [1.54, 1.807) is 6.92 Å². The molecular formula is C12H19N3O5. The SMILES string of the molecule is CCOC(=O)C(CC(=O)CN)=C(C(=O)CN)C(=O)CN. The molecule has 0 spiro atoms. The van der Waals surface area contributed by atoms with Crippen LogP contribution in [0.5, 0.6) is 0 Å². The van der Waals surface area contributed by atoms with Gasteiger partial charge >= 0.3 is 5.97 Å². The molecule has 0 fully saturated rings. The third-order valence-corrected chi connectivity index (χ3v) is 2.35. The standard InChI is InChI=1S/C12H19N3O5/c1-2-20-12(19)8(3-7(16)4-13)11(9(17)5-14)10(18)6-15/h2-6,13-15H2,1H3. The van der Waals surface area contributed by atoms with Gasteiger partial charge in [0.25, 0.3) is 0 Å². The Bertz CT molecular complexity index is 424. The van der Waals surface area contributed by atoms with Gasteiger partial charge in [0, 0.05) is 6.42 Å². The van der Waals surface area contributed by atoms with Crippen molar-refractivity contribution >= 4 is 23.3 Å². The molecule has 0 aliphatic heterocycles. The van der Waals surface area contributed by atoms with Crippen LogP contribution in [0.25, 0.3) is 0 Å². The Morgan fingerprint density at radius 3 is 1.75 bits per heavy atom. The number of Topliss-reactive ketones (excluding diaryl/α,β-unsaturated/α-hetero) is 3. The molecule has 0 bridgehead atoms. The molecule has 112 valence electrons. The number of rotatable bonds is 9. The number of nitrogens with two attached hydrogens (primary N) is 3. The topological polar surface area (TPSA) is 156 Å². The lowest BCUT2D eigenvalue weighted by atomic mass is 9.95. The first kappa shape index (κ1) is 18.1. The number of carbonyl (C=O) groups is 4. The van der Waals surface area contributed by atoms with E-state index in [1.165, 1.54) is 0 Å². The zero-order valence-electron chi connectivity index (χ0n) is 11.3. The van der Waals surface area contributed by atoms with Crippen LogP contribution in [-0.2, 0) is 23.9 Å². The van der Waals surface area contributed by atoms with Crippen molar-refractivity contribution in [2.45, 2.75) is 13.3 Å². The molecule has 6 N–H and O–H groups in total. The van der Waals surface area contributed by atoms with Crippen molar-refractivity contribution in [1.29, 1.82) is 0 Å². The third kappa shape index (κ3) is 5.00. The monoisotopic (exact) mass is 285 g/mol. The van der Waals surface area contributed by atoms with Gasteiger partial charge in [0.05, 0.1) is 37.4 Å². The van der Waals surface area contributed by atoms with Gasteiger partial charge in [0.15, 0.2) is 17.3 Å². The fraction of sp³-hybridized carbons (Fsp3) is 0.500. The number of hydrogen-bond acceptors (Lipinski definition) is 8. The Hall–Kier alpha value is -1.90. The van der Waals surface area contributed by atoms with Gasteiger partial charge in [0.1, 0.15) is 0 Å². The van der Waals surface area contributed by atoms with Gasteiger partial charge in [-0.3, -0.25) is 14.4 Å². The molecular weight excluding hydrogens is 266 g/mol. The summed E-state index contributed by atoms with van der Waals surface area (Å²) in [4.78, 5) is 46.7. The molecule has 0 radical (unpaired) electrons. The molecule has 0 unspecified atom stereocenters. The van der Waals surface area contributed by atoms with E-state index in [9.17, 15) is 19.2 Å². The lowest BCUT2D eigenvalue weighted by molar-refractivity contribution is -0.140. The van der Waals surface area contributed by atoms with Crippen LogP contribution in [0.4, 0.5) is 0 Å². The van der Waals surface area contributed by atoms with E-state index in [4.69, 9.17) is 21.9 Å². The van der Waals surface area contributed by atoms with Crippen LogP contribution in [0.1, 0.15) is 13.3 Å². The number of ketones is 3. The second-order valence-electron chi connectivity index (χ2n) is 3.75. The van der Waals surface area contributed by atoms with Gasteiger partial charge in [0.2, 0.25) is 0 Å². The van der Waals surface area contributed by atoms with Crippen LogP contribution in [0.15, 0.2) is 11.1 Å². The molecule has 0 rings (SSSR count). The maximum Gasteiger partial charge on any atom is 0.335 e. The zero-order chi connectivity index (χ0) is 15.7. The van der Waals surface area contributed by atoms with Crippen molar-refractivity contribution in [2.24, 2.45) is 17.2 Å². The van der Waals surface area contributed by atoms with E-state index in [-0.39, 0.29) is 18.7 Å². The first-order valence-corrected chi connectivity index (χ1v) is 6.01. The lowest BCUT2D eigenvalue weighted by Crippen LogP contribution is -2.30. The summed E-state index contributed by atoms with van der Waals surface area (Å²) in [6.45, 7) is 0.279. The molecule has 8 nitrogen and oxygen atoms in total. The molecule has 20 heavy (non-hydrogen) atoms. The van der Waals surface area contributed by atoms with Crippen LogP contribution >= 0.6 is 0 Å². The summed E-state index contributed by atoms with van der Waals surface area (Å²) in [6.07, 6.45) is -0.470. The third-order valence-electron chi connectivity index (χ3n) is 2.35. The van der Waals surface area contributed by atoms with Crippen molar-refractivity contribution < 1.29 is 23.9 Å². The first-order chi connectivity index (χ1) is 9.42. The summed E-state index contributed by atoms with van der Waals surface area (Å²) < 4.78 is 4.74. The molecule has 0 amide bonds. The molecule has 0 aromatic heterocycles. The Kier molecular flexibility index (Phi) is 8.21. The lowest BCUT2D eigenvalue weighted by Gasteiger charge is -2.11. The Labute approximate surface area is 116 Å². The molecule has 0 aromatic rings. The van der Waals surface area contributed by atoms with Crippen LogP contribution in [-0.4, -0.2) is 49.6 Å². The Morgan fingerprint density at radius 1 is 0.900 bits per heavy atom. The number of esters is 1. The summed E-state index contributed by atoms with van der Waals surface area (Å²) >= 11 is 0. The molecule has 0 aliphatic rings. The van der Waals surface area contributed by atoms with E-state index in [2.05, 4.69) is 0 Å². The van der Waals surface area contributed by atoms with Gasteiger partial charge in [-0.15, -0.1) is 0 Å². The fourth-order valence-corrected chi connectivity index (χ4v) is 1.45. The highest BCUT2D eigenvalue weighted by Gasteiger charge is 2.27. The van der Waals surface area contributed by atoms with Gasteiger partial charge < -0.3 is 21.9 Å². The largest absolute Gasteiger partial charge is 0.463 e. The Balaban J connectivity index is 5.83. The maximum atomic E-state index is 11.8. The van der Waals surface area contributed by atoms with Crippen LogP contribution in [0.2, 0.25) is 0 Å².